The van der Waals surface area contributed by atoms with Gasteiger partial charge in [0.15, 0.2) is 5.17 Å². The summed E-state index contributed by atoms with van der Waals surface area (Å²) in [6.07, 6.45) is 2.22. The van der Waals surface area contributed by atoms with Crippen molar-refractivity contribution in [1.82, 2.24) is 5.32 Å². The predicted octanol–water partition coefficient (Wildman–Crippen LogP) is -0.747. The normalized spacial score (nSPS) is 25.7. The lowest BCUT2D eigenvalue weighted by atomic mass is 9.88. The number of amidine groups is 1. The molecule has 0 radical (unpaired) electrons. The Hall–Kier alpha value is -1.24. The molecule has 0 saturated carbocycles. The van der Waals surface area contributed by atoms with E-state index in [1.54, 1.807) is 6.26 Å². The summed E-state index contributed by atoms with van der Waals surface area (Å²) in [6, 6.07) is -0.761. The molecule has 84 valence electrons. The van der Waals surface area contributed by atoms with E-state index in [9.17, 15) is 9.59 Å². The highest BCUT2D eigenvalue weighted by molar-refractivity contribution is 8.13. The van der Waals surface area contributed by atoms with E-state index in [0.717, 1.165) is 0 Å². The van der Waals surface area contributed by atoms with Crippen LogP contribution in [-0.4, -0.2) is 41.0 Å². The molecule has 15 heavy (non-hydrogen) atoms. The first-order valence-electron chi connectivity index (χ1n) is 4.43. The van der Waals surface area contributed by atoms with E-state index in [2.05, 4.69) is 10.3 Å². The first kappa shape index (κ1) is 11.8. The molecule has 0 spiro atoms. The number of nitrogens with one attached hydrogen (secondary N) is 1. The Morgan fingerprint density at radius 1 is 1.73 bits per heavy atom. The van der Waals surface area contributed by atoms with Gasteiger partial charge in [-0.3, -0.25) is 9.79 Å². The van der Waals surface area contributed by atoms with Gasteiger partial charge in [-0.1, -0.05) is 11.8 Å². The number of carboxylic acids is 1. The van der Waals surface area contributed by atoms with Crippen molar-refractivity contribution in [3.05, 3.63) is 0 Å². The summed E-state index contributed by atoms with van der Waals surface area (Å²) < 4.78 is 0. The van der Waals surface area contributed by atoms with Crippen LogP contribution in [0.4, 0.5) is 0 Å². The molecule has 1 rings (SSSR count). The van der Waals surface area contributed by atoms with Gasteiger partial charge in [-0.05, 0) is 12.7 Å². The van der Waals surface area contributed by atoms with Crippen molar-refractivity contribution in [3.8, 4) is 0 Å². The molecule has 1 amide bonds. The fourth-order valence-corrected chi connectivity index (χ4v) is 1.55. The zero-order valence-corrected chi connectivity index (χ0v) is 9.08. The maximum Gasteiger partial charge on any atom is 0.327 e. The van der Waals surface area contributed by atoms with Gasteiger partial charge in [-0.25, -0.2) is 4.79 Å². The second-order valence-corrected chi connectivity index (χ2v) is 3.97. The highest BCUT2D eigenvalue weighted by Gasteiger charge is 2.43. The first-order chi connectivity index (χ1) is 7.06. The van der Waals surface area contributed by atoms with Crippen LogP contribution in [0, 0.1) is 5.92 Å². The minimum atomic E-state index is -0.999. The molecule has 1 aliphatic rings. The number of carbonyl (C=O) groups excluding carboxylic acids is 1. The molecular formula is C8H13N3O3S. The van der Waals surface area contributed by atoms with E-state index in [-0.39, 0.29) is 5.91 Å². The smallest absolute Gasteiger partial charge is 0.327 e. The lowest BCUT2D eigenvalue weighted by Gasteiger charge is -2.33. The molecule has 4 N–H and O–H groups in total. The van der Waals surface area contributed by atoms with Crippen LogP contribution in [0.25, 0.3) is 0 Å². The summed E-state index contributed by atoms with van der Waals surface area (Å²) in [7, 11) is 0. The van der Waals surface area contributed by atoms with Crippen LogP contribution in [0.2, 0.25) is 0 Å². The summed E-state index contributed by atoms with van der Waals surface area (Å²) in [5, 5.41) is 11.5. The van der Waals surface area contributed by atoms with Crippen LogP contribution >= 0.6 is 11.8 Å². The van der Waals surface area contributed by atoms with Crippen molar-refractivity contribution in [1.29, 1.82) is 0 Å². The molecule has 1 aliphatic heterocycles. The maximum absolute atomic E-state index is 11.0. The number of nitrogens with zero attached hydrogens (tertiary/aromatic N) is 1. The topological polar surface area (TPSA) is 105 Å². The van der Waals surface area contributed by atoms with Crippen LogP contribution in [0.15, 0.2) is 4.99 Å². The predicted molar refractivity (Wildman–Crippen MR) is 57.7 cm³/mol. The van der Waals surface area contributed by atoms with Crippen LogP contribution in [0.5, 0.6) is 0 Å². The van der Waals surface area contributed by atoms with Crippen LogP contribution < -0.4 is 11.1 Å². The summed E-state index contributed by atoms with van der Waals surface area (Å²) in [4.78, 5) is 25.6. The number of aliphatic carboxylic acids is 1. The van der Waals surface area contributed by atoms with E-state index in [1.165, 1.54) is 11.8 Å². The molecule has 1 heterocycles. The number of aliphatic imine (C=N–C) groups is 1. The Bertz CT molecular complexity index is 306. The summed E-state index contributed by atoms with van der Waals surface area (Å²) in [6.45, 7) is 0.383. The number of hydrogen-bond acceptors (Lipinski definition) is 4. The van der Waals surface area contributed by atoms with E-state index < -0.39 is 17.9 Å². The number of nitrogens with two attached hydrogens (primary N) is 1. The quantitative estimate of drug-likeness (QED) is 0.335. The van der Waals surface area contributed by atoms with E-state index in [4.69, 9.17) is 10.8 Å². The van der Waals surface area contributed by atoms with Crippen molar-refractivity contribution in [2.75, 3.05) is 12.8 Å². The minimum Gasteiger partial charge on any atom is -0.480 e. The molecule has 1 unspecified atom stereocenters. The van der Waals surface area contributed by atoms with Gasteiger partial charge < -0.3 is 16.2 Å². The fraction of sp³-hybridized carbons (Fsp3) is 0.625. The summed E-state index contributed by atoms with van der Waals surface area (Å²) in [5.74, 6) is -1.69. The third-order valence-corrected chi connectivity index (χ3v) is 2.77. The molecule has 0 aromatic carbocycles. The second-order valence-electron chi connectivity index (χ2n) is 3.14. The van der Waals surface area contributed by atoms with Gasteiger partial charge in [0.2, 0.25) is 5.91 Å². The monoisotopic (exact) mass is 231 g/mol. The zero-order chi connectivity index (χ0) is 11.4. The fourth-order valence-electron chi connectivity index (χ4n) is 1.33. The van der Waals surface area contributed by atoms with Crippen LogP contribution in [0.1, 0.15) is 6.42 Å². The Labute approximate surface area is 91.3 Å². The Balaban J connectivity index is 2.38. The van der Waals surface area contributed by atoms with E-state index >= 15 is 0 Å². The van der Waals surface area contributed by atoms with Crippen molar-refractivity contribution in [2.45, 2.75) is 12.5 Å². The summed E-state index contributed by atoms with van der Waals surface area (Å²) >= 11 is 1.32. The SMILES string of the molecule is CSC(N)=NCC[C@H]1C(=O)NC1C(=O)O. The van der Waals surface area contributed by atoms with Crippen molar-refractivity contribution in [3.63, 3.8) is 0 Å². The molecular weight excluding hydrogens is 218 g/mol. The second kappa shape index (κ2) is 5.01. The minimum absolute atomic E-state index is 0.222. The number of thioether (sulfide) groups is 1. The van der Waals surface area contributed by atoms with Gasteiger partial charge in [-0.2, -0.15) is 0 Å². The summed E-state index contributed by atoms with van der Waals surface area (Å²) in [5.41, 5.74) is 5.44. The van der Waals surface area contributed by atoms with Gasteiger partial charge >= 0.3 is 5.97 Å². The van der Waals surface area contributed by atoms with Gasteiger partial charge in [0.25, 0.3) is 0 Å². The number of rotatable bonds is 4. The highest BCUT2D eigenvalue weighted by Crippen LogP contribution is 2.19. The number of amides is 1. The molecule has 0 aromatic rings. The number of carbonyl (C=O) groups is 2. The molecule has 0 aliphatic carbocycles. The molecule has 2 atom stereocenters. The lowest BCUT2D eigenvalue weighted by Crippen LogP contribution is -2.62. The molecule has 6 nitrogen and oxygen atoms in total. The standard InChI is InChI=1S/C8H13N3O3S/c1-15-8(9)10-3-2-4-5(7(13)14)11-6(4)12/h4-5H,2-3H2,1H3,(H2,9,10)(H,11,12)(H,13,14)/t4-,5?/m1/s1. The Kier molecular flexibility index (Phi) is 3.96. The molecule has 1 fully saturated rings. The van der Waals surface area contributed by atoms with E-state index in [1.807, 2.05) is 0 Å². The number of hydrogen-bond donors (Lipinski definition) is 3. The largest absolute Gasteiger partial charge is 0.480 e. The average Bonchev–Trinajstić information content (AvgIpc) is 2.19. The van der Waals surface area contributed by atoms with Crippen molar-refractivity contribution >= 4 is 28.8 Å². The maximum atomic E-state index is 11.0. The molecule has 0 aromatic heterocycles. The average molecular weight is 231 g/mol. The van der Waals surface area contributed by atoms with Gasteiger partial charge in [0.1, 0.15) is 6.04 Å². The Morgan fingerprint density at radius 3 is 2.87 bits per heavy atom. The van der Waals surface area contributed by atoms with E-state index in [0.29, 0.717) is 18.1 Å². The third-order valence-electron chi connectivity index (χ3n) is 2.22. The van der Waals surface area contributed by atoms with Gasteiger partial charge in [-0.15, -0.1) is 0 Å². The first-order valence-corrected chi connectivity index (χ1v) is 5.66. The molecule has 7 heteroatoms. The van der Waals surface area contributed by atoms with Crippen molar-refractivity contribution in [2.24, 2.45) is 16.6 Å². The third kappa shape index (κ3) is 2.85. The van der Waals surface area contributed by atoms with Crippen LogP contribution in [0.3, 0.4) is 0 Å². The number of carboxylic acid groups (broad SMARTS) is 1. The van der Waals surface area contributed by atoms with Gasteiger partial charge in [0.05, 0.1) is 5.92 Å². The van der Waals surface area contributed by atoms with Gasteiger partial charge in [0, 0.05) is 6.54 Å². The number of β-lactam (4-membered cyclic amide) rings is 1. The lowest BCUT2D eigenvalue weighted by molar-refractivity contribution is -0.153. The Morgan fingerprint density at radius 2 is 2.40 bits per heavy atom. The van der Waals surface area contributed by atoms with Crippen LogP contribution in [-0.2, 0) is 9.59 Å². The molecule has 0 bridgehead atoms. The highest BCUT2D eigenvalue weighted by atomic mass is 32.2. The molecule has 1 saturated heterocycles. The zero-order valence-electron chi connectivity index (χ0n) is 8.27. The van der Waals surface area contributed by atoms with Crippen molar-refractivity contribution < 1.29 is 14.7 Å².